The summed E-state index contributed by atoms with van der Waals surface area (Å²) in [5, 5.41) is 1.96. The SMILES string of the molecule is C/C=C\C(=C\C)N(/C=C\C)NC. The zero-order valence-electron chi connectivity index (χ0n) is 8.33. The highest BCUT2D eigenvalue weighted by Gasteiger charge is 1.96. The molecule has 0 unspecified atom stereocenters. The predicted molar refractivity (Wildman–Crippen MR) is 54.3 cm³/mol. The summed E-state index contributed by atoms with van der Waals surface area (Å²) in [6, 6.07) is 0. The van der Waals surface area contributed by atoms with Crippen LogP contribution in [0.25, 0.3) is 0 Å². The van der Waals surface area contributed by atoms with Gasteiger partial charge in [0.2, 0.25) is 0 Å². The van der Waals surface area contributed by atoms with Gasteiger partial charge in [0.1, 0.15) is 0 Å². The van der Waals surface area contributed by atoms with Gasteiger partial charge in [0.05, 0.1) is 5.70 Å². The Morgan fingerprint density at radius 3 is 2.17 bits per heavy atom. The summed E-state index contributed by atoms with van der Waals surface area (Å²) < 4.78 is 0. The van der Waals surface area contributed by atoms with E-state index in [1.165, 1.54) is 0 Å². The number of hydrogen-bond acceptors (Lipinski definition) is 2. The molecule has 68 valence electrons. The third kappa shape index (κ3) is 3.39. The molecule has 0 atom stereocenters. The maximum Gasteiger partial charge on any atom is 0.0524 e. The van der Waals surface area contributed by atoms with Gasteiger partial charge in [-0.05, 0) is 26.8 Å². The molecule has 0 aromatic heterocycles. The molecule has 0 saturated heterocycles. The third-order valence-electron chi connectivity index (χ3n) is 1.45. The molecule has 0 saturated carbocycles. The van der Waals surface area contributed by atoms with Crippen molar-refractivity contribution < 1.29 is 0 Å². The van der Waals surface area contributed by atoms with E-state index < -0.39 is 0 Å². The molecule has 2 heteroatoms. The van der Waals surface area contributed by atoms with Crippen molar-refractivity contribution in [3.8, 4) is 0 Å². The second-order valence-corrected chi connectivity index (χ2v) is 2.29. The maximum absolute atomic E-state index is 3.07. The summed E-state index contributed by atoms with van der Waals surface area (Å²) in [6.07, 6.45) is 10.1. The normalized spacial score (nSPS) is 13.2. The van der Waals surface area contributed by atoms with Crippen LogP contribution in [0.15, 0.2) is 36.2 Å². The number of nitrogens with one attached hydrogen (secondary N) is 1. The van der Waals surface area contributed by atoms with Crippen molar-refractivity contribution in [1.29, 1.82) is 0 Å². The third-order valence-corrected chi connectivity index (χ3v) is 1.45. The highest BCUT2D eigenvalue weighted by atomic mass is 15.5. The van der Waals surface area contributed by atoms with Crippen LogP contribution in [0, 0.1) is 0 Å². The Labute approximate surface area is 75.2 Å². The average molecular weight is 166 g/mol. The Morgan fingerprint density at radius 2 is 1.83 bits per heavy atom. The first-order valence-electron chi connectivity index (χ1n) is 4.18. The first-order chi connectivity index (χ1) is 5.79. The van der Waals surface area contributed by atoms with Crippen LogP contribution in [0.1, 0.15) is 20.8 Å². The van der Waals surface area contributed by atoms with Crippen molar-refractivity contribution in [2.24, 2.45) is 0 Å². The van der Waals surface area contributed by atoms with E-state index in [-0.39, 0.29) is 0 Å². The summed E-state index contributed by atoms with van der Waals surface area (Å²) in [5.41, 5.74) is 4.20. The van der Waals surface area contributed by atoms with E-state index in [9.17, 15) is 0 Å². The molecular weight excluding hydrogens is 148 g/mol. The molecule has 0 aliphatic heterocycles. The van der Waals surface area contributed by atoms with Crippen LogP contribution >= 0.6 is 0 Å². The predicted octanol–water partition coefficient (Wildman–Crippen LogP) is 2.44. The van der Waals surface area contributed by atoms with Crippen LogP contribution in [0.2, 0.25) is 0 Å². The van der Waals surface area contributed by atoms with Gasteiger partial charge in [-0.25, -0.2) is 5.43 Å². The molecule has 0 fully saturated rings. The average Bonchev–Trinajstić information content (AvgIpc) is 2.11. The minimum absolute atomic E-state index is 1.14. The first-order valence-corrected chi connectivity index (χ1v) is 4.18. The summed E-state index contributed by atoms with van der Waals surface area (Å²) >= 11 is 0. The molecule has 2 nitrogen and oxygen atoms in total. The first kappa shape index (κ1) is 11.0. The molecule has 0 heterocycles. The van der Waals surface area contributed by atoms with Gasteiger partial charge < -0.3 is 0 Å². The van der Waals surface area contributed by atoms with E-state index in [2.05, 4.69) is 17.6 Å². The largest absolute Gasteiger partial charge is 0.285 e. The lowest BCUT2D eigenvalue weighted by Gasteiger charge is -2.19. The molecule has 12 heavy (non-hydrogen) atoms. The fourth-order valence-corrected chi connectivity index (χ4v) is 0.925. The van der Waals surface area contributed by atoms with Gasteiger partial charge in [-0.2, -0.15) is 0 Å². The van der Waals surface area contributed by atoms with E-state index in [1.54, 1.807) is 0 Å². The lowest BCUT2D eigenvalue weighted by Crippen LogP contribution is -2.28. The molecule has 0 amide bonds. The Bertz CT molecular complexity index is 190. The smallest absolute Gasteiger partial charge is 0.0524 e. The van der Waals surface area contributed by atoms with Crippen molar-refractivity contribution >= 4 is 0 Å². The standard InChI is InChI=1S/C10H18N2/c1-5-8-10(7-3)12(11-4)9-6-2/h5-9,11H,1-4H3/b8-5-,9-6-,10-7-. The number of hydrazine groups is 1. The van der Waals surface area contributed by atoms with E-state index in [0.29, 0.717) is 0 Å². The molecule has 0 bridgehead atoms. The van der Waals surface area contributed by atoms with Crippen LogP contribution in [0.4, 0.5) is 0 Å². The monoisotopic (exact) mass is 166 g/mol. The molecule has 0 aromatic carbocycles. The van der Waals surface area contributed by atoms with E-state index >= 15 is 0 Å². The zero-order chi connectivity index (χ0) is 9.40. The van der Waals surface area contributed by atoms with Gasteiger partial charge in [0.15, 0.2) is 0 Å². The van der Waals surface area contributed by atoms with Crippen LogP contribution in [0.5, 0.6) is 0 Å². The molecule has 0 radical (unpaired) electrons. The Hall–Kier alpha value is -1.02. The van der Waals surface area contributed by atoms with Gasteiger partial charge >= 0.3 is 0 Å². The van der Waals surface area contributed by atoms with E-state index in [1.807, 2.05) is 51.2 Å². The minimum Gasteiger partial charge on any atom is -0.285 e. The Morgan fingerprint density at radius 1 is 1.17 bits per heavy atom. The molecule has 0 rings (SSSR count). The summed E-state index contributed by atoms with van der Waals surface area (Å²) in [7, 11) is 1.90. The van der Waals surface area contributed by atoms with Crippen molar-refractivity contribution in [2.45, 2.75) is 20.8 Å². The number of rotatable bonds is 4. The second kappa shape index (κ2) is 6.68. The molecular formula is C10H18N2. The van der Waals surface area contributed by atoms with E-state index in [4.69, 9.17) is 0 Å². The highest BCUT2D eigenvalue weighted by Crippen LogP contribution is 2.02. The maximum atomic E-state index is 3.07. The Balaban J connectivity index is 4.45. The van der Waals surface area contributed by atoms with Crippen LogP contribution in [-0.4, -0.2) is 12.1 Å². The van der Waals surface area contributed by atoms with Gasteiger partial charge in [-0.1, -0.05) is 18.2 Å². The summed E-state index contributed by atoms with van der Waals surface area (Å²) in [5.74, 6) is 0. The number of hydrogen-bond donors (Lipinski definition) is 1. The van der Waals surface area contributed by atoms with Crippen molar-refractivity contribution in [3.05, 3.63) is 36.2 Å². The lowest BCUT2D eigenvalue weighted by atomic mass is 10.3. The quantitative estimate of drug-likeness (QED) is 0.509. The minimum atomic E-state index is 1.14. The molecule has 0 aliphatic rings. The summed E-state index contributed by atoms with van der Waals surface area (Å²) in [6.45, 7) is 6.02. The zero-order valence-corrected chi connectivity index (χ0v) is 8.33. The summed E-state index contributed by atoms with van der Waals surface area (Å²) in [4.78, 5) is 0. The van der Waals surface area contributed by atoms with E-state index in [0.717, 1.165) is 5.70 Å². The Kier molecular flexibility index (Phi) is 6.11. The van der Waals surface area contributed by atoms with Gasteiger partial charge in [-0.15, -0.1) is 0 Å². The second-order valence-electron chi connectivity index (χ2n) is 2.29. The fraction of sp³-hybridized carbons (Fsp3) is 0.400. The topological polar surface area (TPSA) is 15.3 Å². The molecule has 0 aromatic rings. The van der Waals surface area contributed by atoms with Gasteiger partial charge in [0, 0.05) is 13.2 Å². The fourth-order valence-electron chi connectivity index (χ4n) is 0.925. The molecule has 1 N–H and O–H groups in total. The molecule has 0 spiro atoms. The van der Waals surface area contributed by atoms with Crippen LogP contribution in [0.3, 0.4) is 0 Å². The van der Waals surface area contributed by atoms with Crippen LogP contribution < -0.4 is 5.43 Å². The van der Waals surface area contributed by atoms with Crippen molar-refractivity contribution in [1.82, 2.24) is 10.4 Å². The van der Waals surface area contributed by atoms with Crippen LogP contribution in [-0.2, 0) is 0 Å². The number of nitrogens with zero attached hydrogens (tertiary/aromatic N) is 1. The molecule has 0 aliphatic carbocycles. The van der Waals surface area contributed by atoms with Crippen molar-refractivity contribution in [2.75, 3.05) is 7.05 Å². The highest BCUT2D eigenvalue weighted by molar-refractivity contribution is 5.17. The number of allylic oxidation sites excluding steroid dienone is 4. The lowest BCUT2D eigenvalue weighted by molar-refractivity contribution is 0.384. The van der Waals surface area contributed by atoms with Gasteiger partial charge in [0.25, 0.3) is 0 Å². The van der Waals surface area contributed by atoms with Crippen molar-refractivity contribution in [3.63, 3.8) is 0 Å². The van der Waals surface area contributed by atoms with Gasteiger partial charge in [-0.3, -0.25) is 5.01 Å².